The number of aliphatic carboxylic acids is 1. The molecular formula is C19H33N7O8. The summed E-state index contributed by atoms with van der Waals surface area (Å²) in [6, 6.07) is -5.62. The lowest BCUT2D eigenvalue weighted by Crippen LogP contribution is -2.58. The van der Waals surface area contributed by atoms with Gasteiger partial charge in [0, 0.05) is 6.42 Å². The van der Waals surface area contributed by atoms with E-state index in [1.165, 1.54) is 0 Å². The van der Waals surface area contributed by atoms with Gasteiger partial charge in [0.2, 0.25) is 35.4 Å². The fraction of sp³-hybridized carbons (Fsp3) is 0.632. The Hall–Kier alpha value is -3.75. The number of nitrogens with two attached hydrogens (primary N) is 4. The summed E-state index contributed by atoms with van der Waals surface area (Å²) in [7, 11) is 0. The molecule has 0 aromatic carbocycles. The first-order chi connectivity index (χ1) is 15.6. The molecule has 0 aliphatic carbocycles. The molecule has 0 aromatic heterocycles. The van der Waals surface area contributed by atoms with Gasteiger partial charge in [0.05, 0.1) is 18.9 Å². The molecule has 0 spiro atoms. The molecule has 4 atom stereocenters. The lowest BCUT2D eigenvalue weighted by atomic mass is 10.0. The van der Waals surface area contributed by atoms with Crippen LogP contribution in [0.25, 0.3) is 0 Å². The summed E-state index contributed by atoms with van der Waals surface area (Å²) in [5, 5.41) is 15.9. The molecule has 0 aliphatic rings. The molecule has 12 N–H and O–H groups in total. The maximum Gasteiger partial charge on any atom is 0.326 e. The maximum absolute atomic E-state index is 12.8. The number of hydrogen-bond donors (Lipinski definition) is 8. The van der Waals surface area contributed by atoms with Gasteiger partial charge in [0.25, 0.3) is 0 Å². The van der Waals surface area contributed by atoms with Crippen LogP contribution >= 0.6 is 0 Å². The van der Waals surface area contributed by atoms with Gasteiger partial charge in [-0.1, -0.05) is 13.8 Å². The number of carbonyl (C=O) groups is 7. The molecule has 0 fully saturated rings. The monoisotopic (exact) mass is 487 g/mol. The van der Waals surface area contributed by atoms with E-state index in [1.807, 2.05) is 0 Å². The van der Waals surface area contributed by atoms with Gasteiger partial charge in [0.1, 0.15) is 18.1 Å². The predicted octanol–water partition coefficient (Wildman–Crippen LogP) is -4.08. The van der Waals surface area contributed by atoms with Crippen molar-refractivity contribution in [1.82, 2.24) is 16.0 Å². The SMILES string of the molecule is CC(C)C[C@H](NC(=O)[C@H](CC(N)=O)NC(=O)[C@@H](N)CCC(N)=O)C(=O)N[C@@H](CC(N)=O)C(=O)O. The molecule has 34 heavy (non-hydrogen) atoms. The van der Waals surface area contributed by atoms with Crippen LogP contribution in [0.15, 0.2) is 0 Å². The number of primary amides is 3. The van der Waals surface area contributed by atoms with Crippen molar-refractivity contribution < 1.29 is 38.7 Å². The quantitative estimate of drug-likeness (QED) is 0.105. The first-order valence-electron chi connectivity index (χ1n) is 10.4. The summed E-state index contributed by atoms with van der Waals surface area (Å²) >= 11 is 0. The lowest BCUT2D eigenvalue weighted by Gasteiger charge is -2.25. The van der Waals surface area contributed by atoms with Crippen molar-refractivity contribution in [2.24, 2.45) is 28.9 Å². The van der Waals surface area contributed by atoms with Gasteiger partial charge < -0.3 is 44.0 Å². The molecule has 0 aliphatic heterocycles. The maximum atomic E-state index is 12.8. The number of amides is 6. The van der Waals surface area contributed by atoms with E-state index in [9.17, 15) is 38.7 Å². The standard InChI is InChI=1S/C19H33N7O8/c1-8(2)5-10(17(31)26-12(19(33)34)7-15(23)29)25-18(32)11(6-14(22)28)24-16(30)9(20)3-4-13(21)27/h8-12H,3-7,20H2,1-2H3,(H2,21,27)(H2,22,28)(H2,23,29)(H,24,30)(H,25,32)(H,26,31)(H,33,34)/t9-,10-,11-,12-/m0/s1. The first kappa shape index (κ1) is 30.2. The molecule has 0 saturated carbocycles. The highest BCUT2D eigenvalue weighted by Gasteiger charge is 2.32. The number of carboxylic acid groups (broad SMARTS) is 1. The zero-order chi connectivity index (χ0) is 26.6. The average Bonchev–Trinajstić information content (AvgIpc) is 2.68. The van der Waals surface area contributed by atoms with Crippen molar-refractivity contribution >= 4 is 41.4 Å². The van der Waals surface area contributed by atoms with E-state index < -0.39 is 78.4 Å². The Morgan fingerprint density at radius 3 is 1.59 bits per heavy atom. The van der Waals surface area contributed by atoms with Gasteiger partial charge in [-0.05, 0) is 18.8 Å². The minimum atomic E-state index is -1.62. The van der Waals surface area contributed by atoms with Crippen LogP contribution in [0.1, 0.15) is 46.0 Å². The van der Waals surface area contributed by atoms with Crippen LogP contribution in [-0.4, -0.2) is 70.7 Å². The van der Waals surface area contributed by atoms with Crippen LogP contribution in [0.5, 0.6) is 0 Å². The highest BCUT2D eigenvalue weighted by molar-refractivity contribution is 5.96. The Labute approximate surface area is 195 Å². The molecule has 0 heterocycles. The second-order valence-corrected chi connectivity index (χ2v) is 8.10. The number of rotatable bonds is 16. The average molecular weight is 488 g/mol. The van der Waals surface area contributed by atoms with E-state index in [0.717, 1.165) is 0 Å². The second-order valence-electron chi connectivity index (χ2n) is 8.10. The van der Waals surface area contributed by atoms with Crippen molar-refractivity contribution in [3.05, 3.63) is 0 Å². The summed E-state index contributed by atoms with van der Waals surface area (Å²) in [5.41, 5.74) is 20.8. The Morgan fingerprint density at radius 1 is 0.706 bits per heavy atom. The molecule has 192 valence electrons. The molecule has 0 aromatic rings. The van der Waals surface area contributed by atoms with Gasteiger partial charge in [-0.3, -0.25) is 28.8 Å². The molecule has 0 unspecified atom stereocenters. The number of carbonyl (C=O) groups excluding carboxylic acids is 6. The van der Waals surface area contributed by atoms with E-state index in [2.05, 4.69) is 16.0 Å². The van der Waals surface area contributed by atoms with Crippen molar-refractivity contribution in [2.75, 3.05) is 0 Å². The summed E-state index contributed by atoms with van der Waals surface area (Å²) in [6.45, 7) is 3.45. The van der Waals surface area contributed by atoms with Crippen LogP contribution in [0, 0.1) is 5.92 Å². The first-order valence-corrected chi connectivity index (χ1v) is 10.4. The van der Waals surface area contributed by atoms with Gasteiger partial charge in [-0.25, -0.2) is 4.79 Å². The zero-order valence-electron chi connectivity index (χ0n) is 19.0. The van der Waals surface area contributed by atoms with E-state index >= 15 is 0 Å². The Morgan fingerprint density at radius 2 is 1.15 bits per heavy atom. The van der Waals surface area contributed by atoms with E-state index in [0.29, 0.717) is 0 Å². The van der Waals surface area contributed by atoms with E-state index in [-0.39, 0.29) is 25.2 Å². The lowest BCUT2D eigenvalue weighted by molar-refractivity contribution is -0.144. The van der Waals surface area contributed by atoms with E-state index in [4.69, 9.17) is 22.9 Å². The summed E-state index contributed by atoms with van der Waals surface area (Å²) < 4.78 is 0. The van der Waals surface area contributed by atoms with Gasteiger partial charge >= 0.3 is 5.97 Å². The van der Waals surface area contributed by atoms with Crippen LogP contribution in [0.4, 0.5) is 0 Å². The summed E-state index contributed by atoms with van der Waals surface area (Å²) in [4.78, 5) is 82.3. The summed E-state index contributed by atoms with van der Waals surface area (Å²) in [6.07, 6.45) is -1.55. The molecule has 0 rings (SSSR count). The van der Waals surface area contributed by atoms with Gasteiger partial charge in [-0.15, -0.1) is 0 Å². The zero-order valence-corrected chi connectivity index (χ0v) is 19.0. The van der Waals surface area contributed by atoms with Crippen molar-refractivity contribution in [1.29, 1.82) is 0 Å². The Balaban J connectivity index is 5.52. The Bertz CT molecular complexity index is 802. The molecule has 0 radical (unpaired) electrons. The topological polar surface area (TPSA) is 280 Å². The highest BCUT2D eigenvalue weighted by Crippen LogP contribution is 2.08. The van der Waals surface area contributed by atoms with Crippen molar-refractivity contribution in [2.45, 2.75) is 70.1 Å². The van der Waals surface area contributed by atoms with Crippen LogP contribution in [0.3, 0.4) is 0 Å². The number of carboxylic acids is 1. The van der Waals surface area contributed by atoms with E-state index in [1.54, 1.807) is 13.8 Å². The highest BCUT2D eigenvalue weighted by atomic mass is 16.4. The van der Waals surface area contributed by atoms with Crippen LogP contribution in [0.2, 0.25) is 0 Å². The van der Waals surface area contributed by atoms with Crippen molar-refractivity contribution in [3.8, 4) is 0 Å². The molecule has 0 bridgehead atoms. The third-order valence-electron chi connectivity index (χ3n) is 4.44. The fourth-order valence-electron chi connectivity index (χ4n) is 2.77. The van der Waals surface area contributed by atoms with Gasteiger partial charge in [0.15, 0.2) is 0 Å². The molecule has 15 heteroatoms. The third kappa shape index (κ3) is 12.3. The molecular weight excluding hydrogens is 454 g/mol. The fourth-order valence-corrected chi connectivity index (χ4v) is 2.77. The number of hydrogen-bond acceptors (Lipinski definition) is 8. The smallest absolute Gasteiger partial charge is 0.326 e. The largest absolute Gasteiger partial charge is 0.480 e. The van der Waals surface area contributed by atoms with Gasteiger partial charge in [-0.2, -0.15) is 0 Å². The molecule has 6 amide bonds. The van der Waals surface area contributed by atoms with Crippen LogP contribution in [-0.2, 0) is 33.6 Å². The second kappa shape index (κ2) is 14.4. The third-order valence-corrected chi connectivity index (χ3v) is 4.44. The Kier molecular flexibility index (Phi) is 12.8. The molecule has 0 saturated heterocycles. The normalized spacial score (nSPS) is 14.2. The minimum Gasteiger partial charge on any atom is -0.480 e. The van der Waals surface area contributed by atoms with Crippen molar-refractivity contribution in [3.63, 3.8) is 0 Å². The molecule has 15 nitrogen and oxygen atoms in total. The number of nitrogens with one attached hydrogen (secondary N) is 3. The summed E-state index contributed by atoms with van der Waals surface area (Å²) in [5.74, 6) is -6.99. The predicted molar refractivity (Wildman–Crippen MR) is 117 cm³/mol. The minimum absolute atomic E-state index is 0.0514. The van der Waals surface area contributed by atoms with Crippen LogP contribution < -0.4 is 38.9 Å².